The minimum absolute atomic E-state index is 0.0701. The molecule has 1 N–H and O–H groups in total. The van der Waals surface area contributed by atoms with Crippen molar-refractivity contribution in [2.45, 2.75) is 37.1 Å². The van der Waals surface area contributed by atoms with Gasteiger partial charge in [0.05, 0.1) is 4.90 Å². The van der Waals surface area contributed by atoms with E-state index in [9.17, 15) is 12.8 Å². The molecular formula is C21H24FN3O2S. The second-order valence-electron chi connectivity index (χ2n) is 7.78. The predicted molar refractivity (Wildman–Crippen MR) is 107 cm³/mol. The quantitative estimate of drug-likeness (QED) is 0.705. The first-order chi connectivity index (χ1) is 13.1. The number of benzene rings is 2. The molecule has 0 saturated heterocycles. The molecule has 0 spiro atoms. The Kier molecular flexibility index (Phi) is 5.41. The highest BCUT2D eigenvalue weighted by Crippen LogP contribution is 2.26. The predicted octanol–water partition coefficient (Wildman–Crippen LogP) is 3.92. The van der Waals surface area contributed by atoms with Crippen molar-refractivity contribution in [3.8, 4) is 0 Å². The molecule has 0 aliphatic rings. The van der Waals surface area contributed by atoms with Crippen molar-refractivity contribution in [2.24, 2.45) is 7.05 Å². The third kappa shape index (κ3) is 4.31. The summed E-state index contributed by atoms with van der Waals surface area (Å²) in [5.74, 6) is 0.129. The lowest BCUT2D eigenvalue weighted by molar-refractivity contribution is 0.561. The van der Waals surface area contributed by atoms with E-state index in [1.54, 1.807) is 48.3 Å². The van der Waals surface area contributed by atoms with E-state index in [4.69, 9.17) is 0 Å². The fraction of sp³-hybridized carbons (Fsp3) is 0.286. The standard InChI is InChI=1S/C21H24FN3O2S/c1-21(2,3)16-7-11-18(12-8-16)28(26,27)24-19(20-23-13-14-25(20)4)15-5-9-17(22)10-6-15/h5-14,19,24H,1-4H3. The Bertz CT molecular complexity index is 1050. The van der Waals surface area contributed by atoms with E-state index < -0.39 is 16.1 Å². The first kappa shape index (κ1) is 20.2. The number of halogens is 1. The van der Waals surface area contributed by atoms with Crippen LogP contribution in [0.4, 0.5) is 4.39 Å². The largest absolute Gasteiger partial charge is 0.336 e. The molecule has 0 fully saturated rings. The summed E-state index contributed by atoms with van der Waals surface area (Å²) < 4.78 is 43.9. The summed E-state index contributed by atoms with van der Waals surface area (Å²) in [7, 11) is -2.04. The first-order valence-electron chi connectivity index (χ1n) is 8.93. The zero-order chi connectivity index (χ0) is 20.5. The topological polar surface area (TPSA) is 64.0 Å². The van der Waals surface area contributed by atoms with Gasteiger partial charge in [0.2, 0.25) is 10.0 Å². The van der Waals surface area contributed by atoms with Crippen LogP contribution in [0.5, 0.6) is 0 Å². The molecule has 0 radical (unpaired) electrons. The monoisotopic (exact) mass is 401 g/mol. The third-order valence-corrected chi connectivity index (χ3v) is 6.06. The summed E-state index contributed by atoms with van der Waals surface area (Å²) in [5, 5.41) is 0. The normalized spacial score (nSPS) is 13.5. The van der Waals surface area contributed by atoms with E-state index in [0.29, 0.717) is 11.4 Å². The van der Waals surface area contributed by atoms with Crippen LogP contribution in [-0.4, -0.2) is 18.0 Å². The number of aromatic nitrogens is 2. The number of nitrogens with zero attached hydrogens (tertiary/aromatic N) is 2. The molecule has 0 bridgehead atoms. The number of rotatable bonds is 5. The van der Waals surface area contributed by atoms with Gasteiger partial charge in [-0.1, -0.05) is 45.0 Å². The zero-order valence-electron chi connectivity index (χ0n) is 16.3. The number of nitrogens with one attached hydrogen (secondary N) is 1. The Morgan fingerprint density at radius 1 is 1.04 bits per heavy atom. The van der Waals surface area contributed by atoms with Crippen molar-refractivity contribution in [2.75, 3.05) is 0 Å². The van der Waals surface area contributed by atoms with Gasteiger partial charge in [-0.15, -0.1) is 0 Å². The van der Waals surface area contributed by atoms with Crippen LogP contribution in [0.3, 0.4) is 0 Å². The van der Waals surface area contributed by atoms with E-state index in [1.807, 2.05) is 12.1 Å². The van der Waals surface area contributed by atoms with Gasteiger partial charge in [-0.2, -0.15) is 4.72 Å². The third-order valence-electron chi connectivity index (χ3n) is 4.62. The molecule has 3 aromatic rings. The van der Waals surface area contributed by atoms with Crippen molar-refractivity contribution in [1.29, 1.82) is 0 Å². The van der Waals surface area contributed by atoms with Crippen LogP contribution in [0.1, 0.15) is 43.8 Å². The van der Waals surface area contributed by atoms with Gasteiger partial charge in [0.15, 0.2) is 0 Å². The molecule has 0 aliphatic heterocycles. The summed E-state index contributed by atoms with van der Waals surface area (Å²) in [6.45, 7) is 6.21. The Hall–Kier alpha value is -2.51. The van der Waals surface area contributed by atoms with Gasteiger partial charge in [-0.3, -0.25) is 0 Å². The molecule has 1 aromatic heterocycles. The van der Waals surface area contributed by atoms with Crippen molar-refractivity contribution >= 4 is 10.0 Å². The minimum atomic E-state index is -3.82. The van der Waals surface area contributed by atoms with Gasteiger partial charge >= 0.3 is 0 Å². The van der Waals surface area contributed by atoms with E-state index in [0.717, 1.165) is 5.56 Å². The molecule has 7 heteroatoms. The van der Waals surface area contributed by atoms with Crippen LogP contribution >= 0.6 is 0 Å². The Morgan fingerprint density at radius 2 is 1.64 bits per heavy atom. The number of sulfonamides is 1. The lowest BCUT2D eigenvalue weighted by atomic mass is 9.87. The molecule has 2 aromatic carbocycles. The summed E-state index contributed by atoms with van der Waals surface area (Å²) in [5.41, 5.74) is 1.58. The van der Waals surface area contributed by atoms with Crippen molar-refractivity contribution < 1.29 is 12.8 Å². The van der Waals surface area contributed by atoms with Gasteiger partial charge < -0.3 is 4.57 Å². The molecule has 28 heavy (non-hydrogen) atoms. The maximum Gasteiger partial charge on any atom is 0.241 e. The fourth-order valence-corrected chi connectivity index (χ4v) is 4.12. The summed E-state index contributed by atoms with van der Waals surface area (Å²) in [6, 6.07) is 11.8. The second-order valence-corrected chi connectivity index (χ2v) is 9.49. The summed E-state index contributed by atoms with van der Waals surface area (Å²) in [4.78, 5) is 4.45. The molecular weight excluding hydrogens is 377 g/mol. The lowest BCUT2D eigenvalue weighted by Crippen LogP contribution is -2.31. The average Bonchev–Trinajstić information content (AvgIpc) is 3.06. The van der Waals surface area contributed by atoms with Gasteiger partial charge in [0.1, 0.15) is 17.7 Å². The average molecular weight is 402 g/mol. The van der Waals surface area contributed by atoms with E-state index in [2.05, 4.69) is 30.5 Å². The van der Waals surface area contributed by atoms with Crippen molar-refractivity contribution in [3.63, 3.8) is 0 Å². The van der Waals surface area contributed by atoms with Gasteiger partial charge in [0, 0.05) is 19.4 Å². The number of hydrogen-bond acceptors (Lipinski definition) is 3. The van der Waals surface area contributed by atoms with E-state index in [-0.39, 0.29) is 16.1 Å². The zero-order valence-corrected chi connectivity index (χ0v) is 17.2. The fourth-order valence-electron chi connectivity index (χ4n) is 2.94. The van der Waals surface area contributed by atoms with Gasteiger partial charge in [-0.25, -0.2) is 17.8 Å². The summed E-state index contributed by atoms with van der Waals surface area (Å²) >= 11 is 0. The lowest BCUT2D eigenvalue weighted by Gasteiger charge is -2.21. The van der Waals surface area contributed by atoms with Gasteiger partial charge in [-0.05, 0) is 40.8 Å². The molecule has 3 rings (SSSR count). The van der Waals surface area contributed by atoms with E-state index in [1.165, 1.54) is 12.1 Å². The van der Waals surface area contributed by atoms with E-state index >= 15 is 0 Å². The molecule has 0 aliphatic carbocycles. The highest BCUT2D eigenvalue weighted by atomic mass is 32.2. The molecule has 0 saturated carbocycles. The molecule has 1 unspecified atom stereocenters. The van der Waals surface area contributed by atoms with Crippen molar-refractivity contribution in [1.82, 2.24) is 14.3 Å². The van der Waals surface area contributed by atoms with Crippen LogP contribution < -0.4 is 4.72 Å². The SMILES string of the molecule is Cn1ccnc1C(NS(=O)(=O)c1ccc(C(C)(C)C)cc1)c1ccc(F)cc1. The number of aryl methyl sites for hydroxylation is 1. The summed E-state index contributed by atoms with van der Waals surface area (Å²) in [6.07, 6.45) is 3.33. The second kappa shape index (κ2) is 7.48. The van der Waals surface area contributed by atoms with Gasteiger partial charge in [0.25, 0.3) is 0 Å². The van der Waals surface area contributed by atoms with Crippen LogP contribution in [-0.2, 0) is 22.5 Å². The maximum atomic E-state index is 13.3. The molecule has 1 heterocycles. The van der Waals surface area contributed by atoms with Crippen molar-refractivity contribution in [3.05, 3.63) is 83.7 Å². The minimum Gasteiger partial charge on any atom is -0.336 e. The molecule has 0 amide bonds. The Labute approximate surface area is 165 Å². The highest BCUT2D eigenvalue weighted by Gasteiger charge is 2.26. The smallest absolute Gasteiger partial charge is 0.241 e. The molecule has 148 valence electrons. The molecule has 1 atom stereocenters. The first-order valence-corrected chi connectivity index (χ1v) is 10.4. The van der Waals surface area contributed by atoms with Crippen LogP contribution in [0.25, 0.3) is 0 Å². The Morgan fingerprint density at radius 3 is 2.14 bits per heavy atom. The van der Waals surface area contributed by atoms with Crippen LogP contribution in [0.2, 0.25) is 0 Å². The number of imidazole rings is 1. The van der Waals surface area contributed by atoms with Crippen LogP contribution in [0, 0.1) is 5.82 Å². The Balaban J connectivity index is 1.98. The maximum absolute atomic E-state index is 13.3. The number of hydrogen-bond donors (Lipinski definition) is 1. The molecule has 5 nitrogen and oxygen atoms in total. The highest BCUT2D eigenvalue weighted by molar-refractivity contribution is 7.89. The van der Waals surface area contributed by atoms with Crippen LogP contribution in [0.15, 0.2) is 65.8 Å².